The predicted molar refractivity (Wildman–Crippen MR) is 62.3 cm³/mol. The van der Waals surface area contributed by atoms with Gasteiger partial charge in [0.05, 0.1) is 5.02 Å². The Morgan fingerprint density at radius 3 is 2.67 bits per heavy atom. The minimum Gasteiger partial charge on any atom is -0.292 e. The zero-order valence-corrected chi connectivity index (χ0v) is 10.1. The highest BCUT2D eigenvalue weighted by Gasteiger charge is 2.16. The van der Waals surface area contributed by atoms with Gasteiger partial charge in [0, 0.05) is 12.6 Å². The van der Waals surface area contributed by atoms with Crippen LogP contribution in [0.15, 0.2) is 18.3 Å². The topological polar surface area (TPSA) is 30.0 Å². The Balaban J connectivity index is 2.66. The van der Waals surface area contributed by atoms with Crippen molar-refractivity contribution in [3.05, 3.63) is 29.0 Å². The Hall–Kier alpha value is -0.890. The Morgan fingerprint density at radius 2 is 2.13 bits per heavy atom. The van der Waals surface area contributed by atoms with Crippen LogP contribution in [0, 0.1) is 5.41 Å². The third-order valence-electron chi connectivity index (χ3n) is 2.12. The largest absolute Gasteiger partial charge is 0.292 e. The number of ketones is 1. The molecule has 15 heavy (non-hydrogen) atoms. The Kier molecular flexibility index (Phi) is 3.86. The van der Waals surface area contributed by atoms with Crippen molar-refractivity contribution in [1.82, 2.24) is 4.98 Å². The van der Waals surface area contributed by atoms with Gasteiger partial charge in [0.1, 0.15) is 5.69 Å². The van der Waals surface area contributed by atoms with Gasteiger partial charge in [0.25, 0.3) is 0 Å². The lowest BCUT2D eigenvalue weighted by atomic mass is 9.89. The Labute approximate surface area is 95.7 Å². The maximum absolute atomic E-state index is 11.8. The van der Waals surface area contributed by atoms with Gasteiger partial charge < -0.3 is 0 Å². The highest BCUT2D eigenvalue weighted by Crippen LogP contribution is 2.23. The first-order chi connectivity index (χ1) is 6.90. The van der Waals surface area contributed by atoms with Gasteiger partial charge in [-0.3, -0.25) is 9.78 Å². The summed E-state index contributed by atoms with van der Waals surface area (Å²) in [7, 11) is 0. The second-order valence-corrected chi connectivity index (χ2v) is 5.22. The molecule has 3 heteroatoms. The van der Waals surface area contributed by atoms with Gasteiger partial charge in [-0.1, -0.05) is 32.4 Å². The second kappa shape index (κ2) is 4.75. The molecule has 0 saturated heterocycles. The molecule has 82 valence electrons. The van der Waals surface area contributed by atoms with E-state index in [1.165, 1.54) is 0 Å². The number of rotatable bonds is 3. The van der Waals surface area contributed by atoms with E-state index in [0.717, 1.165) is 6.42 Å². The van der Waals surface area contributed by atoms with Crippen LogP contribution in [0.25, 0.3) is 0 Å². The molecule has 0 spiro atoms. The smallest absolute Gasteiger partial charge is 0.182 e. The predicted octanol–water partition coefficient (Wildman–Crippen LogP) is 3.74. The molecule has 0 fully saturated rings. The minimum atomic E-state index is 0.0236. The van der Waals surface area contributed by atoms with Crippen LogP contribution in [0.1, 0.15) is 44.1 Å². The molecule has 0 aliphatic carbocycles. The number of pyridine rings is 1. The number of Topliss-reactive ketones (excluding diaryl/α,β-unsaturated/α-hetero) is 1. The van der Waals surface area contributed by atoms with Crippen LogP contribution in [-0.2, 0) is 0 Å². The standard InChI is InChI=1S/C12H16ClNO/c1-12(2,3)7-6-10(15)11-9(13)5-4-8-14-11/h4-5,8H,6-7H2,1-3H3. The molecule has 1 heterocycles. The maximum Gasteiger partial charge on any atom is 0.182 e. The zero-order valence-electron chi connectivity index (χ0n) is 9.38. The van der Waals surface area contributed by atoms with Crippen molar-refractivity contribution in [2.24, 2.45) is 5.41 Å². The number of halogens is 1. The lowest BCUT2D eigenvalue weighted by Crippen LogP contribution is -2.10. The molecule has 0 aliphatic heterocycles. The number of hydrogen-bond acceptors (Lipinski definition) is 2. The third-order valence-corrected chi connectivity index (χ3v) is 2.43. The molecule has 1 aromatic rings. The summed E-state index contributed by atoms with van der Waals surface area (Å²) in [6.45, 7) is 6.33. The molecule has 0 bridgehead atoms. The van der Waals surface area contributed by atoms with Crippen LogP contribution in [0.2, 0.25) is 5.02 Å². The first-order valence-corrected chi connectivity index (χ1v) is 5.42. The summed E-state index contributed by atoms with van der Waals surface area (Å²) >= 11 is 5.89. The molecule has 1 rings (SSSR count). The van der Waals surface area contributed by atoms with Crippen molar-refractivity contribution in [2.45, 2.75) is 33.6 Å². The molecule has 0 saturated carbocycles. The molecule has 2 nitrogen and oxygen atoms in total. The summed E-state index contributed by atoms with van der Waals surface area (Å²) in [5, 5.41) is 0.441. The van der Waals surface area contributed by atoms with Crippen LogP contribution in [0.5, 0.6) is 0 Å². The molecule has 0 aliphatic rings. The molecule has 0 amide bonds. The van der Waals surface area contributed by atoms with Crippen LogP contribution >= 0.6 is 11.6 Å². The number of nitrogens with zero attached hydrogens (tertiary/aromatic N) is 1. The van der Waals surface area contributed by atoms with E-state index in [-0.39, 0.29) is 11.2 Å². The van der Waals surface area contributed by atoms with Gasteiger partial charge in [-0.2, -0.15) is 0 Å². The molecular weight excluding hydrogens is 210 g/mol. The molecule has 0 atom stereocenters. The van der Waals surface area contributed by atoms with E-state index in [1.807, 2.05) is 0 Å². The number of carbonyl (C=O) groups excluding carboxylic acids is 1. The molecule has 0 aromatic carbocycles. The fraction of sp³-hybridized carbons (Fsp3) is 0.500. The quantitative estimate of drug-likeness (QED) is 0.734. The third kappa shape index (κ3) is 4.00. The average molecular weight is 226 g/mol. The lowest BCUT2D eigenvalue weighted by Gasteiger charge is -2.16. The van der Waals surface area contributed by atoms with Crippen LogP contribution in [-0.4, -0.2) is 10.8 Å². The number of hydrogen-bond donors (Lipinski definition) is 0. The number of carbonyl (C=O) groups is 1. The SMILES string of the molecule is CC(C)(C)CCC(=O)c1ncccc1Cl. The van der Waals surface area contributed by atoms with Crippen molar-refractivity contribution in [1.29, 1.82) is 0 Å². The zero-order chi connectivity index (χ0) is 11.5. The van der Waals surface area contributed by atoms with Crippen molar-refractivity contribution >= 4 is 17.4 Å². The summed E-state index contributed by atoms with van der Waals surface area (Å²) in [5.74, 6) is 0.0236. The maximum atomic E-state index is 11.8. The minimum absolute atomic E-state index is 0.0236. The van der Waals surface area contributed by atoms with Crippen LogP contribution < -0.4 is 0 Å². The van der Waals surface area contributed by atoms with Crippen molar-refractivity contribution in [3.63, 3.8) is 0 Å². The first kappa shape index (κ1) is 12.2. The van der Waals surface area contributed by atoms with Gasteiger partial charge in [0.15, 0.2) is 5.78 Å². The van der Waals surface area contributed by atoms with Gasteiger partial charge >= 0.3 is 0 Å². The van der Waals surface area contributed by atoms with Crippen LogP contribution in [0.4, 0.5) is 0 Å². The first-order valence-electron chi connectivity index (χ1n) is 5.04. The van der Waals surface area contributed by atoms with Gasteiger partial charge in [0.2, 0.25) is 0 Å². The summed E-state index contributed by atoms with van der Waals surface area (Å²) in [6.07, 6.45) is 2.94. The average Bonchev–Trinajstić information content (AvgIpc) is 2.14. The van der Waals surface area contributed by atoms with E-state index < -0.39 is 0 Å². The highest BCUT2D eigenvalue weighted by atomic mass is 35.5. The van der Waals surface area contributed by atoms with E-state index >= 15 is 0 Å². The van der Waals surface area contributed by atoms with Gasteiger partial charge in [-0.25, -0.2) is 0 Å². The van der Waals surface area contributed by atoms with Crippen LogP contribution in [0.3, 0.4) is 0 Å². The second-order valence-electron chi connectivity index (χ2n) is 4.82. The fourth-order valence-corrected chi connectivity index (χ4v) is 1.42. The lowest BCUT2D eigenvalue weighted by molar-refractivity contribution is 0.0961. The summed E-state index contributed by atoms with van der Waals surface area (Å²) in [6, 6.07) is 3.42. The van der Waals surface area contributed by atoms with Gasteiger partial charge in [-0.05, 0) is 24.0 Å². The number of aromatic nitrogens is 1. The van der Waals surface area contributed by atoms with Gasteiger partial charge in [-0.15, -0.1) is 0 Å². The van der Waals surface area contributed by atoms with Crippen molar-refractivity contribution in [2.75, 3.05) is 0 Å². The molecule has 0 radical (unpaired) electrons. The van der Waals surface area contributed by atoms with E-state index in [9.17, 15) is 4.79 Å². The van der Waals surface area contributed by atoms with Crippen molar-refractivity contribution < 1.29 is 4.79 Å². The van der Waals surface area contributed by atoms with E-state index in [0.29, 0.717) is 17.1 Å². The highest BCUT2D eigenvalue weighted by molar-refractivity contribution is 6.33. The Morgan fingerprint density at radius 1 is 1.47 bits per heavy atom. The van der Waals surface area contributed by atoms with E-state index in [4.69, 9.17) is 11.6 Å². The normalized spacial score (nSPS) is 11.5. The van der Waals surface area contributed by atoms with E-state index in [1.54, 1.807) is 18.3 Å². The summed E-state index contributed by atoms with van der Waals surface area (Å²) in [5.41, 5.74) is 0.556. The summed E-state index contributed by atoms with van der Waals surface area (Å²) < 4.78 is 0. The van der Waals surface area contributed by atoms with Crippen molar-refractivity contribution in [3.8, 4) is 0 Å². The van der Waals surface area contributed by atoms with E-state index in [2.05, 4.69) is 25.8 Å². The molecular formula is C12H16ClNO. The Bertz CT molecular complexity index is 355. The molecule has 1 aromatic heterocycles. The molecule has 0 unspecified atom stereocenters. The summed E-state index contributed by atoms with van der Waals surface area (Å²) in [4.78, 5) is 15.8. The monoisotopic (exact) mass is 225 g/mol. The fourth-order valence-electron chi connectivity index (χ4n) is 1.20. The molecule has 0 N–H and O–H groups in total.